The van der Waals surface area contributed by atoms with Gasteiger partial charge in [0.05, 0.1) is 15.8 Å². The average Bonchev–Trinajstić information content (AvgIpc) is 2.35. The van der Waals surface area contributed by atoms with Gasteiger partial charge in [-0.15, -0.1) is 0 Å². The number of hydrogen-bond acceptors (Lipinski definition) is 2. The van der Waals surface area contributed by atoms with E-state index in [9.17, 15) is 9.18 Å². The first-order valence-electron chi connectivity index (χ1n) is 5.19. The first-order valence-corrected chi connectivity index (χ1v) is 5.98. The largest absolute Gasteiger partial charge is 0.397 e. The third-order valence-corrected chi connectivity index (χ3v) is 3.03. The van der Waals surface area contributed by atoms with Gasteiger partial charge in [-0.25, -0.2) is 4.39 Å². The van der Waals surface area contributed by atoms with E-state index < -0.39 is 11.7 Å². The Morgan fingerprint density at radius 2 is 1.94 bits per heavy atom. The fraction of sp³-hybridized carbons (Fsp3) is 0. The number of para-hydroxylation sites is 2. The van der Waals surface area contributed by atoms with E-state index in [4.69, 9.17) is 5.73 Å². The van der Waals surface area contributed by atoms with Crippen molar-refractivity contribution in [3.8, 4) is 0 Å². The molecule has 0 bridgehead atoms. The monoisotopic (exact) mass is 308 g/mol. The summed E-state index contributed by atoms with van der Waals surface area (Å²) in [4.78, 5) is 11.9. The molecule has 3 N–H and O–H groups in total. The van der Waals surface area contributed by atoms with E-state index in [2.05, 4.69) is 21.2 Å². The van der Waals surface area contributed by atoms with Crippen LogP contribution in [0.1, 0.15) is 10.4 Å². The summed E-state index contributed by atoms with van der Waals surface area (Å²) in [6.45, 7) is 0. The van der Waals surface area contributed by atoms with Crippen LogP contribution in [0.5, 0.6) is 0 Å². The maximum atomic E-state index is 13.3. The molecule has 0 aliphatic heterocycles. The quantitative estimate of drug-likeness (QED) is 0.835. The van der Waals surface area contributed by atoms with Crippen molar-refractivity contribution >= 4 is 33.2 Å². The van der Waals surface area contributed by atoms with E-state index in [1.165, 1.54) is 18.2 Å². The molecule has 0 radical (unpaired) electrons. The lowest BCUT2D eigenvalue weighted by atomic mass is 10.2. The van der Waals surface area contributed by atoms with Crippen LogP contribution in [0.3, 0.4) is 0 Å². The van der Waals surface area contributed by atoms with Crippen LogP contribution in [-0.4, -0.2) is 5.91 Å². The number of nitrogen functional groups attached to an aromatic ring is 1. The second-order valence-corrected chi connectivity index (χ2v) is 4.52. The van der Waals surface area contributed by atoms with Crippen molar-refractivity contribution in [3.05, 3.63) is 58.3 Å². The fourth-order valence-corrected chi connectivity index (χ4v) is 1.69. The van der Waals surface area contributed by atoms with Gasteiger partial charge in [-0.1, -0.05) is 12.1 Å². The van der Waals surface area contributed by atoms with Crippen molar-refractivity contribution in [2.24, 2.45) is 0 Å². The highest BCUT2D eigenvalue weighted by Crippen LogP contribution is 2.20. The maximum Gasteiger partial charge on any atom is 0.255 e. The first-order chi connectivity index (χ1) is 8.58. The molecule has 1 amide bonds. The zero-order valence-corrected chi connectivity index (χ0v) is 10.9. The van der Waals surface area contributed by atoms with Gasteiger partial charge in [-0.3, -0.25) is 4.79 Å². The molecule has 92 valence electrons. The Morgan fingerprint density at radius 3 is 2.61 bits per heavy atom. The molecule has 0 atom stereocenters. The van der Waals surface area contributed by atoms with Gasteiger partial charge in [-0.2, -0.15) is 0 Å². The number of carbonyl (C=O) groups is 1. The lowest BCUT2D eigenvalue weighted by molar-refractivity contribution is 0.102. The standard InChI is InChI=1S/C13H10BrFN2O/c14-9-6-5-8(7-10(9)15)13(18)17-12-4-2-1-3-11(12)16/h1-7H,16H2,(H,17,18). The number of anilines is 2. The van der Waals surface area contributed by atoms with Crippen LogP contribution < -0.4 is 11.1 Å². The zero-order chi connectivity index (χ0) is 13.1. The molecule has 0 heterocycles. The minimum absolute atomic E-state index is 0.235. The summed E-state index contributed by atoms with van der Waals surface area (Å²) in [6, 6.07) is 11.1. The normalized spacial score (nSPS) is 10.1. The van der Waals surface area contributed by atoms with Crippen molar-refractivity contribution in [3.63, 3.8) is 0 Å². The number of nitrogens with two attached hydrogens (primary N) is 1. The van der Waals surface area contributed by atoms with E-state index >= 15 is 0 Å². The molecule has 3 nitrogen and oxygen atoms in total. The highest BCUT2D eigenvalue weighted by atomic mass is 79.9. The SMILES string of the molecule is Nc1ccccc1NC(=O)c1ccc(Br)c(F)c1. The summed E-state index contributed by atoms with van der Waals surface area (Å²) < 4.78 is 13.6. The fourth-order valence-electron chi connectivity index (χ4n) is 1.44. The lowest BCUT2D eigenvalue weighted by Gasteiger charge is -2.08. The van der Waals surface area contributed by atoms with Gasteiger partial charge in [0.15, 0.2) is 0 Å². The van der Waals surface area contributed by atoms with Crippen LogP contribution in [0, 0.1) is 5.82 Å². The second kappa shape index (κ2) is 5.18. The van der Waals surface area contributed by atoms with Crippen molar-refractivity contribution in [2.45, 2.75) is 0 Å². The molecule has 0 aliphatic carbocycles. The van der Waals surface area contributed by atoms with Crippen molar-refractivity contribution < 1.29 is 9.18 Å². The van der Waals surface area contributed by atoms with Crippen LogP contribution in [0.25, 0.3) is 0 Å². The van der Waals surface area contributed by atoms with E-state index in [-0.39, 0.29) is 5.56 Å². The number of rotatable bonds is 2. The molecule has 2 rings (SSSR count). The van der Waals surface area contributed by atoms with Gasteiger partial charge in [0, 0.05) is 5.56 Å². The average molecular weight is 309 g/mol. The predicted molar refractivity (Wildman–Crippen MR) is 72.9 cm³/mol. The first kappa shape index (κ1) is 12.6. The number of nitrogens with one attached hydrogen (secondary N) is 1. The molecule has 0 fully saturated rings. The Bertz CT molecular complexity index is 601. The zero-order valence-electron chi connectivity index (χ0n) is 9.28. The van der Waals surface area contributed by atoms with E-state index in [0.29, 0.717) is 15.8 Å². The van der Waals surface area contributed by atoms with E-state index in [1.807, 2.05) is 0 Å². The van der Waals surface area contributed by atoms with Gasteiger partial charge in [0.2, 0.25) is 0 Å². The highest BCUT2D eigenvalue weighted by molar-refractivity contribution is 9.10. The molecule has 18 heavy (non-hydrogen) atoms. The van der Waals surface area contributed by atoms with Crippen LogP contribution >= 0.6 is 15.9 Å². The summed E-state index contributed by atoms with van der Waals surface area (Å²) in [7, 11) is 0. The summed E-state index contributed by atoms with van der Waals surface area (Å²) in [5.41, 5.74) is 6.91. The lowest BCUT2D eigenvalue weighted by Crippen LogP contribution is -2.13. The molecular weight excluding hydrogens is 299 g/mol. The van der Waals surface area contributed by atoms with E-state index in [0.717, 1.165) is 0 Å². The number of benzene rings is 2. The number of halogens is 2. The Labute approximate surface area is 112 Å². The van der Waals surface area contributed by atoms with E-state index in [1.54, 1.807) is 24.3 Å². The van der Waals surface area contributed by atoms with Gasteiger partial charge in [-0.05, 0) is 46.3 Å². The van der Waals surface area contributed by atoms with Crippen LogP contribution in [0.15, 0.2) is 46.9 Å². The van der Waals surface area contributed by atoms with Crippen LogP contribution in [0.2, 0.25) is 0 Å². The van der Waals surface area contributed by atoms with Gasteiger partial charge in [0.25, 0.3) is 5.91 Å². The maximum absolute atomic E-state index is 13.3. The Balaban J connectivity index is 2.22. The molecule has 2 aromatic rings. The number of hydrogen-bond donors (Lipinski definition) is 2. The highest BCUT2D eigenvalue weighted by Gasteiger charge is 2.10. The molecule has 0 unspecified atom stereocenters. The smallest absolute Gasteiger partial charge is 0.255 e. The molecular formula is C13H10BrFN2O. The number of amides is 1. The van der Waals surface area contributed by atoms with Crippen molar-refractivity contribution in [1.82, 2.24) is 0 Å². The molecule has 0 aliphatic rings. The summed E-state index contributed by atoms with van der Waals surface area (Å²) in [5, 5.41) is 2.63. The Morgan fingerprint density at radius 1 is 1.22 bits per heavy atom. The van der Waals surface area contributed by atoms with Gasteiger partial charge >= 0.3 is 0 Å². The third-order valence-electron chi connectivity index (χ3n) is 2.39. The van der Waals surface area contributed by atoms with Crippen molar-refractivity contribution in [1.29, 1.82) is 0 Å². The predicted octanol–water partition coefficient (Wildman–Crippen LogP) is 3.42. The van der Waals surface area contributed by atoms with Gasteiger partial charge < -0.3 is 11.1 Å². The van der Waals surface area contributed by atoms with Crippen LogP contribution in [-0.2, 0) is 0 Å². The third kappa shape index (κ3) is 2.68. The van der Waals surface area contributed by atoms with Gasteiger partial charge in [0.1, 0.15) is 5.82 Å². The number of carbonyl (C=O) groups excluding carboxylic acids is 1. The Kier molecular flexibility index (Phi) is 3.62. The summed E-state index contributed by atoms with van der Waals surface area (Å²) in [5.74, 6) is -0.886. The van der Waals surface area contributed by atoms with Crippen LogP contribution in [0.4, 0.5) is 15.8 Å². The topological polar surface area (TPSA) is 55.1 Å². The van der Waals surface area contributed by atoms with Crippen molar-refractivity contribution in [2.75, 3.05) is 11.1 Å². The second-order valence-electron chi connectivity index (χ2n) is 3.67. The summed E-state index contributed by atoms with van der Waals surface area (Å²) in [6.07, 6.45) is 0. The minimum Gasteiger partial charge on any atom is -0.397 e. The molecule has 5 heteroatoms. The minimum atomic E-state index is -0.483. The molecule has 0 spiro atoms. The molecule has 2 aromatic carbocycles. The Hall–Kier alpha value is -1.88. The molecule has 0 saturated heterocycles. The molecule has 0 saturated carbocycles. The molecule has 0 aromatic heterocycles. The summed E-state index contributed by atoms with van der Waals surface area (Å²) >= 11 is 3.03.